The lowest BCUT2D eigenvalue weighted by Crippen LogP contribution is -2.38. The van der Waals surface area contributed by atoms with Crippen LogP contribution in [0.25, 0.3) is 11.0 Å². The molecule has 0 saturated heterocycles. The number of furan rings is 1. The normalized spacial score (nSPS) is 13.2. The fourth-order valence-corrected chi connectivity index (χ4v) is 3.35. The van der Waals surface area contributed by atoms with Gasteiger partial charge in [0.1, 0.15) is 11.3 Å². The van der Waals surface area contributed by atoms with Crippen molar-refractivity contribution < 1.29 is 18.7 Å². The molecule has 1 N–H and O–H groups in total. The summed E-state index contributed by atoms with van der Waals surface area (Å²) in [6, 6.07) is 11.0. The van der Waals surface area contributed by atoms with Crippen molar-refractivity contribution in [1.29, 1.82) is 0 Å². The first-order chi connectivity index (χ1) is 13.5. The van der Waals surface area contributed by atoms with Crippen molar-refractivity contribution in [2.24, 2.45) is 0 Å². The zero-order valence-corrected chi connectivity index (χ0v) is 15.7. The topological polar surface area (TPSA) is 71.8 Å². The molecule has 3 aromatic rings. The number of nitrogens with zero attached hydrogens (tertiary/aromatic N) is 1. The minimum atomic E-state index is -0.343. The molecule has 0 atom stereocenters. The maximum Gasteiger partial charge on any atom is 0.291 e. The van der Waals surface area contributed by atoms with Crippen molar-refractivity contribution in [2.75, 3.05) is 23.4 Å². The molecule has 2 heterocycles. The van der Waals surface area contributed by atoms with Crippen LogP contribution in [0.3, 0.4) is 0 Å². The van der Waals surface area contributed by atoms with Crippen LogP contribution in [0, 0.1) is 13.8 Å². The van der Waals surface area contributed by atoms with Crippen LogP contribution in [0.4, 0.5) is 11.4 Å². The van der Waals surface area contributed by atoms with Gasteiger partial charge in [-0.25, -0.2) is 0 Å². The summed E-state index contributed by atoms with van der Waals surface area (Å²) < 4.78 is 11.3. The number of hydrogen-bond donors (Lipinski definition) is 1. The first kappa shape index (κ1) is 17.9. The molecule has 1 aliphatic heterocycles. The van der Waals surface area contributed by atoms with Crippen LogP contribution < -0.4 is 15.0 Å². The highest BCUT2D eigenvalue weighted by Gasteiger charge is 2.25. The van der Waals surface area contributed by atoms with E-state index in [9.17, 15) is 9.59 Å². The summed E-state index contributed by atoms with van der Waals surface area (Å²) in [7, 11) is 0. The Morgan fingerprint density at radius 1 is 1.25 bits per heavy atom. The predicted molar refractivity (Wildman–Crippen MR) is 108 cm³/mol. The van der Waals surface area contributed by atoms with Crippen molar-refractivity contribution in [2.45, 2.75) is 13.8 Å². The highest BCUT2D eigenvalue weighted by Crippen LogP contribution is 2.35. The molecule has 142 valence electrons. The Hall–Kier alpha value is -3.54. The molecule has 0 spiro atoms. The molecule has 1 aliphatic rings. The van der Waals surface area contributed by atoms with Gasteiger partial charge in [0.05, 0.1) is 5.69 Å². The minimum absolute atomic E-state index is 0.00978. The van der Waals surface area contributed by atoms with E-state index in [0.29, 0.717) is 29.3 Å². The van der Waals surface area contributed by atoms with Crippen molar-refractivity contribution >= 4 is 34.2 Å². The van der Waals surface area contributed by atoms with E-state index in [4.69, 9.17) is 9.15 Å². The number of ether oxygens (including phenoxy) is 1. The quantitative estimate of drug-likeness (QED) is 0.692. The first-order valence-corrected chi connectivity index (χ1v) is 8.97. The monoisotopic (exact) mass is 376 g/mol. The van der Waals surface area contributed by atoms with Crippen molar-refractivity contribution in [3.8, 4) is 5.75 Å². The molecule has 0 bridgehead atoms. The summed E-state index contributed by atoms with van der Waals surface area (Å²) in [5.74, 6) is 0.368. The third-order valence-corrected chi connectivity index (χ3v) is 4.77. The number of fused-ring (bicyclic) bond motifs is 2. The van der Waals surface area contributed by atoms with Crippen LogP contribution >= 0.6 is 0 Å². The minimum Gasteiger partial charge on any atom is -0.482 e. The summed E-state index contributed by atoms with van der Waals surface area (Å²) in [5.41, 5.74) is 3.69. The van der Waals surface area contributed by atoms with Crippen LogP contribution in [0.5, 0.6) is 5.75 Å². The molecule has 1 aromatic heterocycles. The largest absolute Gasteiger partial charge is 0.482 e. The third kappa shape index (κ3) is 3.03. The Morgan fingerprint density at radius 3 is 2.86 bits per heavy atom. The average molecular weight is 376 g/mol. The molecule has 4 rings (SSSR count). The Morgan fingerprint density at radius 2 is 2.07 bits per heavy atom. The van der Waals surface area contributed by atoms with Gasteiger partial charge in [-0.1, -0.05) is 18.2 Å². The van der Waals surface area contributed by atoms with Crippen LogP contribution in [-0.2, 0) is 4.79 Å². The molecule has 0 radical (unpaired) electrons. The SMILES string of the molecule is C=CCN1C(=O)COc2ccc(NC(=O)c3oc4cc(C)ccc4c3C)cc21. The van der Waals surface area contributed by atoms with Gasteiger partial charge in [0.25, 0.3) is 11.8 Å². The van der Waals surface area contributed by atoms with E-state index in [0.717, 1.165) is 16.5 Å². The number of hydrogen-bond acceptors (Lipinski definition) is 4. The van der Waals surface area contributed by atoms with Gasteiger partial charge < -0.3 is 19.4 Å². The van der Waals surface area contributed by atoms with E-state index in [1.807, 2.05) is 32.0 Å². The number of carbonyl (C=O) groups excluding carboxylic acids is 2. The van der Waals surface area contributed by atoms with Crippen LogP contribution in [-0.4, -0.2) is 25.0 Å². The zero-order valence-electron chi connectivity index (χ0n) is 15.7. The van der Waals surface area contributed by atoms with Gasteiger partial charge >= 0.3 is 0 Å². The number of rotatable bonds is 4. The summed E-state index contributed by atoms with van der Waals surface area (Å²) in [5, 5.41) is 3.76. The summed E-state index contributed by atoms with van der Waals surface area (Å²) in [6.45, 7) is 7.89. The zero-order chi connectivity index (χ0) is 19.8. The highest BCUT2D eigenvalue weighted by atomic mass is 16.5. The molecular weight excluding hydrogens is 356 g/mol. The van der Waals surface area contributed by atoms with E-state index < -0.39 is 0 Å². The summed E-state index contributed by atoms with van der Waals surface area (Å²) in [6.07, 6.45) is 1.65. The van der Waals surface area contributed by atoms with E-state index >= 15 is 0 Å². The molecule has 2 aromatic carbocycles. The fraction of sp³-hybridized carbons (Fsp3) is 0.182. The lowest BCUT2D eigenvalue weighted by Gasteiger charge is -2.28. The molecule has 0 fully saturated rings. The maximum absolute atomic E-state index is 12.8. The van der Waals surface area contributed by atoms with E-state index in [1.54, 1.807) is 29.2 Å². The van der Waals surface area contributed by atoms with Gasteiger partial charge in [-0.05, 0) is 43.7 Å². The second kappa shape index (κ2) is 6.88. The molecular formula is C22H20N2O4. The van der Waals surface area contributed by atoms with E-state index in [1.165, 1.54) is 0 Å². The summed E-state index contributed by atoms with van der Waals surface area (Å²) >= 11 is 0. The van der Waals surface area contributed by atoms with Gasteiger partial charge in [0.15, 0.2) is 12.4 Å². The van der Waals surface area contributed by atoms with Gasteiger partial charge in [0, 0.05) is 23.2 Å². The standard InChI is InChI=1S/C22H20N2O4/c1-4-9-24-17-11-15(6-8-18(17)27-12-20(24)25)23-22(26)21-14(3)16-7-5-13(2)10-19(16)28-21/h4-8,10-11H,1,9,12H2,2-3H3,(H,23,26). The summed E-state index contributed by atoms with van der Waals surface area (Å²) in [4.78, 5) is 26.5. The van der Waals surface area contributed by atoms with Crippen LogP contribution in [0.2, 0.25) is 0 Å². The fourth-order valence-electron chi connectivity index (χ4n) is 3.35. The predicted octanol–water partition coefficient (Wildman–Crippen LogP) is 4.21. The van der Waals surface area contributed by atoms with Gasteiger partial charge in [0.2, 0.25) is 0 Å². The second-order valence-electron chi connectivity index (χ2n) is 6.77. The molecule has 0 saturated carbocycles. The van der Waals surface area contributed by atoms with E-state index in [-0.39, 0.29) is 24.2 Å². The molecule has 6 nitrogen and oxygen atoms in total. The Labute approximate surface area is 162 Å². The van der Waals surface area contributed by atoms with Crippen LogP contribution in [0.15, 0.2) is 53.5 Å². The van der Waals surface area contributed by atoms with Crippen LogP contribution in [0.1, 0.15) is 21.7 Å². The first-order valence-electron chi connectivity index (χ1n) is 8.97. The lowest BCUT2D eigenvalue weighted by atomic mass is 10.1. The Kier molecular flexibility index (Phi) is 4.39. The molecule has 28 heavy (non-hydrogen) atoms. The maximum atomic E-state index is 12.8. The lowest BCUT2D eigenvalue weighted by molar-refractivity contribution is -0.121. The molecule has 6 heteroatoms. The number of anilines is 2. The smallest absolute Gasteiger partial charge is 0.291 e. The van der Waals surface area contributed by atoms with Gasteiger partial charge in [-0.2, -0.15) is 0 Å². The number of benzene rings is 2. The number of nitrogens with one attached hydrogen (secondary N) is 1. The van der Waals surface area contributed by atoms with Gasteiger partial charge in [-0.15, -0.1) is 6.58 Å². The van der Waals surface area contributed by atoms with Crippen molar-refractivity contribution in [1.82, 2.24) is 0 Å². The van der Waals surface area contributed by atoms with Crippen molar-refractivity contribution in [3.05, 3.63) is 65.9 Å². The molecule has 0 unspecified atom stereocenters. The van der Waals surface area contributed by atoms with Gasteiger partial charge in [-0.3, -0.25) is 9.59 Å². The molecule has 2 amide bonds. The Bertz CT molecular complexity index is 1110. The highest BCUT2D eigenvalue weighted by molar-refractivity contribution is 6.07. The second-order valence-corrected chi connectivity index (χ2v) is 6.77. The number of aryl methyl sites for hydroxylation is 2. The van der Waals surface area contributed by atoms with Crippen molar-refractivity contribution in [3.63, 3.8) is 0 Å². The molecule has 0 aliphatic carbocycles. The number of carbonyl (C=O) groups is 2. The Balaban J connectivity index is 1.65. The number of amides is 2. The third-order valence-electron chi connectivity index (χ3n) is 4.77. The van der Waals surface area contributed by atoms with E-state index in [2.05, 4.69) is 11.9 Å². The average Bonchev–Trinajstić information content (AvgIpc) is 3.00.